The summed E-state index contributed by atoms with van der Waals surface area (Å²) in [6, 6.07) is 6.22. The Bertz CT molecular complexity index is 697. The third-order valence-corrected chi connectivity index (χ3v) is 4.70. The fraction of sp³-hybridized carbons (Fsp3) is 0.471. The molecule has 0 bridgehead atoms. The number of rotatable bonds is 8. The summed E-state index contributed by atoms with van der Waals surface area (Å²) in [5.74, 6) is -0.0672. The quantitative estimate of drug-likeness (QED) is 0.635. The minimum atomic E-state index is -4.24. The molecule has 1 saturated heterocycles. The molecule has 2 N–H and O–H groups in total. The first kappa shape index (κ1) is 22.0. The number of anilines is 1. The molecule has 11 heteroatoms. The predicted octanol–water partition coefficient (Wildman–Crippen LogP) is 2.89. The maximum absolute atomic E-state index is 12.2. The van der Waals surface area contributed by atoms with Crippen LogP contribution in [-0.2, 0) is 11.3 Å². The van der Waals surface area contributed by atoms with Crippen molar-refractivity contribution in [1.82, 2.24) is 15.1 Å². The number of alkyl halides is 3. The summed E-state index contributed by atoms with van der Waals surface area (Å²) in [6.45, 7) is -0.356. The Morgan fingerprint density at radius 3 is 2.50 bits per heavy atom. The molecule has 1 aromatic rings. The van der Waals surface area contributed by atoms with Gasteiger partial charge in [-0.2, -0.15) is 13.2 Å². The molecule has 0 unspecified atom stereocenters. The summed E-state index contributed by atoms with van der Waals surface area (Å²) in [6.07, 6.45) is -3.85. The maximum Gasteiger partial charge on any atom is 0.401 e. The number of urea groups is 1. The zero-order valence-electron chi connectivity index (χ0n) is 15.2. The Kier molecular flexibility index (Phi) is 7.69. The van der Waals surface area contributed by atoms with E-state index < -0.39 is 18.8 Å². The van der Waals surface area contributed by atoms with Crippen LogP contribution in [0.2, 0.25) is 0 Å². The van der Waals surface area contributed by atoms with Gasteiger partial charge in [0.1, 0.15) is 0 Å². The monoisotopic (exact) mass is 418 g/mol. The number of hydrogen-bond acceptors (Lipinski definition) is 5. The summed E-state index contributed by atoms with van der Waals surface area (Å²) in [4.78, 5) is 37.3. The molecule has 1 aromatic carbocycles. The second kappa shape index (κ2) is 9.78. The average molecular weight is 418 g/mol. The third kappa shape index (κ3) is 7.39. The van der Waals surface area contributed by atoms with Gasteiger partial charge in [0.2, 0.25) is 5.91 Å². The van der Waals surface area contributed by atoms with Crippen LogP contribution >= 0.6 is 11.8 Å². The number of thioether (sulfide) groups is 1. The Morgan fingerprint density at radius 1 is 1.25 bits per heavy atom. The molecule has 0 aromatic heterocycles. The number of carbonyl (C=O) groups is 3. The van der Waals surface area contributed by atoms with Crippen LogP contribution in [0.4, 0.5) is 28.4 Å². The van der Waals surface area contributed by atoms with Crippen LogP contribution in [0, 0.1) is 0 Å². The Hall–Kier alpha value is -2.27. The van der Waals surface area contributed by atoms with Gasteiger partial charge in [-0.1, -0.05) is 23.9 Å². The van der Waals surface area contributed by atoms with Gasteiger partial charge in [0.15, 0.2) is 0 Å². The molecular formula is C17H21F3N4O3S. The van der Waals surface area contributed by atoms with Crippen molar-refractivity contribution in [2.75, 3.05) is 37.8 Å². The van der Waals surface area contributed by atoms with E-state index >= 15 is 0 Å². The van der Waals surface area contributed by atoms with Gasteiger partial charge in [0, 0.05) is 12.2 Å². The van der Waals surface area contributed by atoms with E-state index in [9.17, 15) is 27.6 Å². The Morgan fingerprint density at radius 2 is 1.93 bits per heavy atom. The molecule has 0 saturated carbocycles. The summed E-state index contributed by atoms with van der Waals surface area (Å²) >= 11 is 0.971. The minimum Gasteiger partial charge on any atom is -0.338 e. The molecular weight excluding hydrogens is 397 g/mol. The first-order valence-corrected chi connectivity index (χ1v) is 9.49. The van der Waals surface area contributed by atoms with Gasteiger partial charge in [0.05, 0.1) is 18.8 Å². The van der Waals surface area contributed by atoms with Crippen molar-refractivity contribution in [2.45, 2.75) is 19.1 Å². The molecule has 2 rings (SSSR count). The molecule has 0 radical (unpaired) electrons. The lowest BCUT2D eigenvalue weighted by Gasteiger charge is -2.18. The molecule has 1 heterocycles. The molecule has 1 aliphatic rings. The highest BCUT2D eigenvalue weighted by atomic mass is 32.2. The van der Waals surface area contributed by atoms with Crippen LogP contribution in [0.25, 0.3) is 0 Å². The van der Waals surface area contributed by atoms with Gasteiger partial charge in [-0.25, -0.2) is 4.79 Å². The fourth-order valence-electron chi connectivity index (χ4n) is 2.52. The third-order valence-electron chi connectivity index (χ3n) is 3.84. The van der Waals surface area contributed by atoms with Gasteiger partial charge < -0.3 is 10.6 Å². The lowest BCUT2D eigenvalue weighted by Crippen LogP contribution is -2.34. The second-order valence-corrected chi connectivity index (χ2v) is 7.25. The molecule has 1 aliphatic heterocycles. The number of benzene rings is 1. The molecule has 0 spiro atoms. The molecule has 154 valence electrons. The number of halogens is 3. The SMILES string of the molecule is CN(CCCNC(=O)Nc1ccc(CN2C(=O)CSC2=O)cc1)CC(F)(F)F. The van der Waals surface area contributed by atoms with Crippen LogP contribution in [0.1, 0.15) is 12.0 Å². The van der Waals surface area contributed by atoms with E-state index in [4.69, 9.17) is 0 Å². The van der Waals surface area contributed by atoms with Gasteiger partial charge >= 0.3 is 12.2 Å². The standard InChI is InChI=1S/C17H21F3N4O3S/c1-23(11-17(18,19)20)8-2-7-21-15(26)22-13-5-3-12(4-6-13)9-24-14(25)10-28-16(24)27/h3-6H,2,7-11H2,1H3,(H2,21,22,26). The minimum absolute atomic E-state index is 0.157. The van der Waals surface area contributed by atoms with Crippen molar-refractivity contribution < 1.29 is 27.6 Å². The smallest absolute Gasteiger partial charge is 0.338 e. The predicted molar refractivity (Wildman–Crippen MR) is 100 cm³/mol. The van der Waals surface area contributed by atoms with E-state index in [1.807, 2.05) is 0 Å². The topological polar surface area (TPSA) is 81.8 Å². The maximum atomic E-state index is 12.2. The van der Waals surface area contributed by atoms with Crippen LogP contribution < -0.4 is 10.6 Å². The van der Waals surface area contributed by atoms with Gasteiger partial charge in [-0.15, -0.1) is 0 Å². The summed E-state index contributed by atoms with van der Waals surface area (Å²) in [5.41, 5.74) is 1.27. The lowest BCUT2D eigenvalue weighted by atomic mass is 10.2. The van der Waals surface area contributed by atoms with Crippen molar-refractivity contribution >= 4 is 34.6 Å². The van der Waals surface area contributed by atoms with Crippen LogP contribution in [0.5, 0.6) is 0 Å². The molecule has 0 aliphatic carbocycles. The second-order valence-electron chi connectivity index (χ2n) is 6.32. The van der Waals surface area contributed by atoms with Crippen molar-refractivity contribution in [3.8, 4) is 0 Å². The number of amides is 4. The zero-order chi connectivity index (χ0) is 20.7. The van der Waals surface area contributed by atoms with E-state index in [1.54, 1.807) is 24.3 Å². The number of hydrogen-bond donors (Lipinski definition) is 2. The number of nitrogens with one attached hydrogen (secondary N) is 2. The number of imide groups is 1. The highest BCUT2D eigenvalue weighted by Gasteiger charge is 2.30. The zero-order valence-corrected chi connectivity index (χ0v) is 16.0. The summed E-state index contributed by atoms with van der Waals surface area (Å²) in [7, 11) is 1.37. The van der Waals surface area contributed by atoms with Gasteiger partial charge in [-0.05, 0) is 37.7 Å². The van der Waals surface area contributed by atoms with Gasteiger partial charge in [0.25, 0.3) is 5.24 Å². The van der Waals surface area contributed by atoms with E-state index in [0.29, 0.717) is 12.1 Å². The first-order valence-electron chi connectivity index (χ1n) is 8.50. The average Bonchev–Trinajstić information content (AvgIpc) is 2.91. The summed E-state index contributed by atoms with van der Waals surface area (Å²) < 4.78 is 36.6. The Labute approximate surface area is 164 Å². The van der Waals surface area contributed by atoms with E-state index in [0.717, 1.165) is 22.2 Å². The van der Waals surface area contributed by atoms with Crippen molar-refractivity contribution in [2.24, 2.45) is 0 Å². The van der Waals surface area contributed by atoms with Crippen molar-refractivity contribution in [3.63, 3.8) is 0 Å². The normalized spacial score (nSPS) is 14.7. The van der Waals surface area contributed by atoms with E-state index in [-0.39, 0.29) is 36.5 Å². The van der Waals surface area contributed by atoms with Crippen LogP contribution in [-0.4, -0.2) is 65.6 Å². The number of carbonyl (C=O) groups excluding carboxylic acids is 3. The lowest BCUT2D eigenvalue weighted by molar-refractivity contribution is -0.143. The molecule has 1 fully saturated rings. The highest BCUT2D eigenvalue weighted by molar-refractivity contribution is 8.14. The number of nitrogens with zero attached hydrogens (tertiary/aromatic N) is 2. The van der Waals surface area contributed by atoms with Crippen molar-refractivity contribution in [1.29, 1.82) is 0 Å². The fourth-order valence-corrected chi connectivity index (χ4v) is 3.25. The largest absolute Gasteiger partial charge is 0.401 e. The Balaban J connectivity index is 1.69. The molecule has 7 nitrogen and oxygen atoms in total. The van der Waals surface area contributed by atoms with E-state index in [1.165, 1.54) is 11.9 Å². The van der Waals surface area contributed by atoms with Crippen LogP contribution in [0.3, 0.4) is 0 Å². The first-order chi connectivity index (χ1) is 13.1. The molecule has 28 heavy (non-hydrogen) atoms. The highest BCUT2D eigenvalue weighted by Crippen LogP contribution is 2.21. The van der Waals surface area contributed by atoms with E-state index in [2.05, 4.69) is 10.6 Å². The molecule has 4 amide bonds. The van der Waals surface area contributed by atoms with Crippen LogP contribution in [0.15, 0.2) is 24.3 Å². The van der Waals surface area contributed by atoms with Crippen molar-refractivity contribution in [3.05, 3.63) is 29.8 Å². The molecule has 0 atom stereocenters. The van der Waals surface area contributed by atoms with Gasteiger partial charge in [-0.3, -0.25) is 19.4 Å². The summed E-state index contributed by atoms with van der Waals surface area (Å²) in [5, 5.41) is 4.92.